The fourth-order valence-electron chi connectivity index (χ4n) is 2.26. The van der Waals surface area contributed by atoms with Gasteiger partial charge in [-0.05, 0) is 43.5 Å². The number of benzene rings is 1. The lowest BCUT2D eigenvalue weighted by Gasteiger charge is -2.14. The predicted octanol–water partition coefficient (Wildman–Crippen LogP) is 1.54. The van der Waals surface area contributed by atoms with Crippen LogP contribution in [-0.2, 0) is 0 Å². The maximum atomic E-state index is 12.1. The van der Waals surface area contributed by atoms with Gasteiger partial charge in [0, 0.05) is 17.8 Å². The van der Waals surface area contributed by atoms with E-state index in [1.165, 1.54) is 12.1 Å². The normalized spacial score (nSPS) is 14.4. The van der Waals surface area contributed by atoms with E-state index < -0.39 is 0 Å². The van der Waals surface area contributed by atoms with Crippen molar-refractivity contribution in [3.63, 3.8) is 0 Å². The fourth-order valence-corrected chi connectivity index (χ4v) is 2.26. The first kappa shape index (κ1) is 16.7. The van der Waals surface area contributed by atoms with Crippen molar-refractivity contribution in [2.24, 2.45) is 0 Å². The number of aromatic amines is 1. The van der Waals surface area contributed by atoms with Gasteiger partial charge in [-0.3, -0.25) is 9.59 Å². The summed E-state index contributed by atoms with van der Waals surface area (Å²) in [6, 6.07) is 9.68. The highest BCUT2D eigenvalue weighted by Gasteiger charge is 2.23. The first-order valence-corrected chi connectivity index (χ1v) is 8.05. The minimum atomic E-state index is -0.380. The fraction of sp³-hybridized carbons (Fsp3) is 0.294. The van der Waals surface area contributed by atoms with Crippen molar-refractivity contribution in [1.82, 2.24) is 20.8 Å². The monoisotopic (exact) mass is 341 g/mol. The second-order valence-corrected chi connectivity index (χ2v) is 6.00. The number of anilines is 1. The molecule has 1 saturated carbocycles. The Bertz CT molecular complexity index is 806. The number of aromatic nitrogens is 2. The maximum absolute atomic E-state index is 12.1. The Labute approximate surface area is 144 Å². The minimum absolute atomic E-state index is 0.140. The van der Waals surface area contributed by atoms with Gasteiger partial charge in [-0.25, -0.2) is 9.89 Å². The molecule has 130 valence electrons. The zero-order valence-corrected chi connectivity index (χ0v) is 13.7. The summed E-state index contributed by atoms with van der Waals surface area (Å²) in [6.07, 6.45) is 2.07. The zero-order valence-electron chi connectivity index (χ0n) is 13.7. The van der Waals surface area contributed by atoms with Crippen LogP contribution >= 0.6 is 0 Å². The molecule has 1 aromatic heterocycles. The molecular weight excluding hydrogens is 322 g/mol. The summed E-state index contributed by atoms with van der Waals surface area (Å²) in [4.78, 5) is 34.8. The number of hydrogen-bond donors (Lipinski definition) is 4. The number of hydrogen-bond acceptors (Lipinski definition) is 4. The Morgan fingerprint density at radius 3 is 2.48 bits per heavy atom. The van der Waals surface area contributed by atoms with Crippen molar-refractivity contribution in [2.75, 3.05) is 5.32 Å². The quantitative estimate of drug-likeness (QED) is 0.660. The van der Waals surface area contributed by atoms with E-state index in [1.54, 1.807) is 12.1 Å². The van der Waals surface area contributed by atoms with Crippen molar-refractivity contribution in [3.8, 4) is 0 Å². The van der Waals surface area contributed by atoms with E-state index in [0.29, 0.717) is 11.7 Å². The summed E-state index contributed by atoms with van der Waals surface area (Å²) >= 11 is 0. The summed E-state index contributed by atoms with van der Waals surface area (Å²) in [5, 5.41) is 14.3. The van der Waals surface area contributed by atoms with Gasteiger partial charge in [-0.1, -0.05) is 12.1 Å². The van der Waals surface area contributed by atoms with Gasteiger partial charge < -0.3 is 16.0 Å². The topological polar surface area (TPSA) is 116 Å². The number of carbonyl (C=O) groups is 2. The molecule has 1 aromatic carbocycles. The molecule has 1 aliphatic carbocycles. The van der Waals surface area contributed by atoms with E-state index in [-0.39, 0.29) is 29.2 Å². The number of amides is 3. The number of nitrogens with one attached hydrogen (secondary N) is 4. The molecule has 8 heteroatoms. The van der Waals surface area contributed by atoms with E-state index in [4.69, 9.17) is 0 Å². The molecule has 25 heavy (non-hydrogen) atoms. The lowest BCUT2D eigenvalue weighted by Crippen LogP contribution is -2.30. The second kappa shape index (κ2) is 7.16. The van der Waals surface area contributed by atoms with Crippen LogP contribution in [0.5, 0.6) is 0 Å². The molecule has 0 bridgehead atoms. The molecular formula is C17H19N5O3. The molecule has 0 aliphatic heterocycles. The summed E-state index contributed by atoms with van der Waals surface area (Å²) in [6.45, 7) is 1.84. The van der Waals surface area contributed by atoms with Gasteiger partial charge in [0.15, 0.2) is 0 Å². The molecule has 3 amide bonds. The molecule has 3 rings (SSSR count). The van der Waals surface area contributed by atoms with E-state index >= 15 is 0 Å². The smallest absolute Gasteiger partial charge is 0.319 e. The zero-order chi connectivity index (χ0) is 17.8. The molecule has 1 fully saturated rings. The molecule has 0 spiro atoms. The van der Waals surface area contributed by atoms with Crippen LogP contribution in [0.3, 0.4) is 0 Å². The molecule has 8 nitrogen and oxygen atoms in total. The van der Waals surface area contributed by atoms with Gasteiger partial charge in [0.25, 0.3) is 11.5 Å². The maximum Gasteiger partial charge on any atom is 0.319 e. The number of nitrogens with zero attached hydrogens (tertiary/aromatic N) is 1. The number of carbonyl (C=O) groups excluding carboxylic acids is 2. The van der Waals surface area contributed by atoms with Gasteiger partial charge in [-0.15, -0.1) is 0 Å². The molecule has 2 aromatic rings. The first-order chi connectivity index (χ1) is 12.0. The molecule has 4 N–H and O–H groups in total. The number of urea groups is 1. The standard InChI is InChI=1S/C17H19N5O3/c1-10(18-16(24)14-8-9-15(23)22-21-14)11-2-4-12(5-3-11)19-17(25)20-13-6-7-13/h2-5,8-10,13H,6-7H2,1H3,(H,18,24)(H,22,23)(H2,19,20,25)/t10-/m1/s1. The molecule has 0 unspecified atom stereocenters. The minimum Gasteiger partial charge on any atom is -0.344 e. The van der Waals surface area contributed by atoms with E-state index in [1.807, 2.05) is 19.1 Å². The van der Waals surface area contributed by atoms with Gasteiger partial charge in [0.1, 0.15) is 5.69 Å². The average molecular weight is 341 g/mol. The molecule has 1 heterocycles. The summed E-state index contributed by atoms with van der Waals surface area (Å²) in [7, 11) is 0. The van der Waals surface area contributed by atoms with Crippen LogP contribution < -0.4 is 21.5 Å². The molecule has 0 radical (unpaired) electrons. The third-order valence-electron chi connectivity index (χ3n) is 3.84. The van der Waals surface area contributed by atoms with Crippen molar-refractivity contribution < 1.29 is 9.59 Å². The van der Waals surface area contributed by atoms with Crippen molar-refractivity contribution in [1.29, 1.82) is 0 Å². The Hall–Kier alpha value is -3.16. The number of H-pyrrole nitrogens is 1. The van der Waals surface area contributed by atoms with Crippen molar-refractivity contribution in [2.45, 2.75) is 31.8 Å². The average Bonchev–Trinajstić information content (AvgIpc) is 3.39. The van der Waals surface area contributed by atoms with Gasteiger partial charge in [0.05, 0.1) is 6.04 Å². The lowest BCUT2D eigenvalue weighted by atomic mass is 10.1. The Morgan fingerprint density at radius 2 is 1.88 bits per heavy atom. The Balaban J connectivity index is 1.57. The highest BCUT2D eigenvalue weighted by atomic mass is 16.2. The van der Waals surface area contributed by atoms with Crippen molar-refractivity contribution in [3.05, 3.63) is 58.0 Å². The van der Waals surface area contributed by atoms with Crippen molar-refractivity contribution >= 4 is 17.6 Å². The highest BCUT2D eigenvalue weighted by Crippen LogP contribution is 2.19. The first-order valence-electron chi connectivity index (χ1n) is 8.05. The SMILES string of the molecule is C[C@@H](NC(=O)c1ccc(=O)[nH]n1)c1ccc(NC(=O)NC2CC2)cc1. The van der Waals surface area contributed by atoms with E-state index in [0.717, 1.165) is 18.4 Å². The van der Waals surface area contributed by atoms with Crippen LogP contribution in [0.25, 0.3) is 0 Å². The largest absolute Gasteiger partial charge is 0.344 e. The Kier molecular flexibility index (Phi) is 4.78. The van der Waals surface area contributed by atoms with Crippen LogP contribution in [0.15, 0.2) is 41.2 Å². The molecule has 1 atom stereocenters. The molecule has 1 aliphatic rings. The summed E-state index contributed by atoms with van der Waals surface area (Å²) < 4.78 is 0. The van der Waals surface area contributed by atoms with Crippen LogP contribution in [0.1, 0.15) is 41.9 Å². The number of rotatable bonds is 5. The van der Waals surface area contributed by atoms with E-state index in [2.05, 4.69) is 26.1 Å². The van der Waals surface area contributed by atoms with Gasteiger partial charge >= 0.3 is 6.03 Å². The molecule has 0 saturated heterocycles. The van der Waals surface area contributed by atoms with Crippen LogP contribution in [0.4, 0.5) is 10.5 Å². The van der Waals surface area contributed by atoms with Crippen LogP contribution in [-0.4, -0.2) is 28.2 Å². The van der Waals surface area contributed by atoms with Gasteiger partial charge in [-0.2, -0.15) is 5.10 Å². The van der Waals surface area contributed by atoms with Crippen LogP contribution in [0.2, 0.25) is 0 Å². The predicted molar refractivity (Wildman–Crippen MR) is 92.4 cm³/mol. The highest BCUT2D eigenvalue weighted by molar-refractivity contribution is 5.92. The summed E-state index contributed by atoms with van der Waals surface area (Å²) in [5.74, 6) is -0.380. The Morgan fingerprint density at radius 1 is 1.16 bits per heavy atom. The third kappa shape index (κ3) is 4.66. The van der Waals surface area contributed by atoms with Gasteiger partial charge in [0.2, 0.25) is 0 Å². The third-order valence-corrected chi connectivity index (χ3v) is 3.84. The lowest BCUT2D eigenvalue weighted by molar-refractivity contribution is 0.0933. The van der Waals surface area contributed by atoms with E-state index in [9.17, 15) is 14.4 Å². The summed E-state index contributed by atoms with van der Waals surface area (Å²) in [5.41, 5.74) is 1.34. The second-order valence-electron chi connectivity index (χ2n) is 6.00. The van der Waals surface area contributed by atoms with Crippen LogP contribution in [0, 0.1) is 0 Å².